The summed E-state index contributed by atoms with van der Waals surface area (Å²) in [7, 11) is 0. The summed E-state index contributed by atoms with van der Waals surface area (Å²) in [5.41, 5.74) is 0.670. The van der Waals surface area contributed by atoms with Crippen LogP contribution in [0, 0.1) is 0 Å². The molecule has 4 nitrogen and oxygen atoms in total. The highest BCUT2D eigenvalue weighted by atomic mass is 16.2. The Hall–Kier alpha value is -1.84. The zero-order chi connectivity index (χ0) is 15.4. The summed E-state index contributed by atoms with van der Waals surface area (Å²) in [4.78, 5) is 27.1. The molecule has 1 atom stereocenters. The van der Waals surface area contributed by atoms with Crippen LogP contribution in [0.1, 0.15) is 55.3 Å². The maximum Gasteiger partial charge on any atom is 0.254 e. The predicted molar refractivity (Wildman–Crippen MR) is 85.5 cm³/mol. The molecule has 1 saturated heterocycles. The Bertz CT molecular complexity index is 523. The molecule has 118 valence electrons. The number of hydrogen-bond acceptors (Lipinski definition) is 2. The highest BCUT2D eigenvalue weighted by Crippen LogP contribution is 2.22. The number of nitrogens with zero attached hydrogens (tertiary/aromatic N) is 1. The fourth-order valence-electron chi connectivity index (χ4n) is 3.56. The third-order valence-electron chi connectivity index (χ3n) is 4.79. The Morgan fingerprint density at radius 2 is 1.64 bits per heavy atom. The van der Waals surface area contributed by atoms with Gasteiger partial charge in [-0.15, -0.1) is 0 Å². The van der Waals surface area contributed by atoms with Crippen molar-refractivity contribution in [3.8, 4) is 0 Å². The van der Waals surface area contributed by atoms with Gasteiger partial charge in [0.1, 0.15) is 6.04 Å². The number of amides is 2. The minimum Gasteiger partial charge on any atom is -0.352 e. The van der Waals surface area contributed by atoms with E-state index in [2.05, 4.69) is 5.32 Å². The molecule has 2 amide bonds. The summed E-state index contributed by atoms with van der Waals surface area (Å²) < 4.78 is 0. The molecule has 0 aromatic heterocycles. The van der Waals surface area contributed by atoms with Crippen molar-refractivity contribution in [3.05, 3.63) is 35.9 Å². The van der Waals surface area contributed by atoms with Crippen molar-refractivity contribution in [1.82, 2.24) is 10.2 Å². The van der Waals surface area contributed by atoms with Crippen molar-refractivity contribution in [1.29, 1.82) is 0 Å². The van der Waals surface area contributed by atoms with Gasteiger partial charge in [0.25, 0.3) is 5.91 Å². The minimum atomic E-state index is -0.304. The van der Waals surface area contributed by atoms with E-state index in [4.69, 9.17) is 0 Å². The average Bonchev–Trinajstić information content (AvgIpc) is 3.08. The number of hydrogen-bond donors (Lipinski definition) is 1. The van der Waals surface area contributed by atoms with Gasteiger partial charge in [0.15, 0.2) is 0 Å². The van der Waals surface area contributed by atoms with Crippen LogP contribution in [-0.4, -0.2) is 35.3 Å². The van der Waals surface area contributed by atoms with Gasteiger partial charge in [-0.3, -0.25) is 9.59 Å². The predicted octanol–water partition coefficient (Wildman–Crippen LogP) is 2.74. The molecule has 1 aliphatic carbocycles. The van der Waals surface area contributed by atoms with Crippen LogP contribution in [0.3, 0.4) is 0 Å². The lowest BCUT2D eigenvalue weighted by Crippen LogP contribution is -2.53. The average molecular weight is 300 g/mol. The van der Waals surface area contributed by atoms with Crippen LogP contribution >= 0.6 is 0 Å². The van der Waals surface area contributed by atoms with Crippen LogP contribution in [0.2, 0.25) is 0 Å². The van der Waals surface area contributed by atoms with E-state index in [1.165, 1.54) is 12.8 Å². The van der Waals surface area contributed by atoms with Gasteiger partial charge in [-0.05, 0) is 44.2 Å². The first kappa shape index (κ1) is 15.1. The van der Waals surface area contributed by atoms with Gasteiger partial charge in [-0.2, -0.15) is 0 Å². The summed E-state index contributed by atoms with van der Waals surface area (Å²) in [5, 5.41) is 3.15. The molecule has 1 N–H and O–H groups in total. The molecule has 1 saturated carbocycles. The van der Waals surface area contributed by atoms with Crippen molar-refractivity contribution < 1.29 is 9.59 Å². The van der Waals surface area contributed by atoms with Crippen LogP contribution < -0.4 is 5.32 Å². The summed E-state index contributed by atoms with van der Waals surface area (Å²) in [6.07, 6.45) is 7.31. The fraction of sp³-hybridized carbons (Fsp3) is 0.556. The van der Waals surface area contributed by atoms with Crippen molar-refractivity contribution in [3.63, 3.8) is 0 Å². The highest BCUT2D eigenvalue weighted by Gasteiger charge is 2.33. The number of rotatable bonds is 3. The summed E-state index contributed by atoms with van der Waals surface area (Å²) in [6.45, 7) is 0.677. The lowest BCUT2D eigenvalue weighted by atomic mass is 9.99. The van der Waals surface area contributed by atoms with E-state index in [1.807, 2.05) is 30.3 Å². The van der Waals surface area contributed by atoms with Crippen LogP contribution in [-0.2, 0) is 4.79 Å². The van der Waals surface area contributed by atoms with Gasteiger partial charge in [0.05, 0.1) is 0 Å². The van der Waals surface area contributed by atoms with E-state index in [-0.39, 0.29) is 17.9 Å². The zero-order valence-corrected chi connectivity index (χ0v) is 13.0. The standard InChI is InChI=1S/C18H24N2O2/c21-17(19-15-10-4-5-11-15)16-12-6-7-13-20(16)18(22)14-8-2-1-3-9-14/h1-3,8-9,15-16H,4-7,10-13H2,(H,19,21)/t16-/m0/s1. The second-order valence-corrected chi connectivity index (χ2v) is 6.37. The molecule has 4 heteroatoms. The van der Waals surface area contributed by atoms with Crippen molar-refractivity contribution in [2.75, 3.05) is 6.54 Å². The molecule has 22 heavy (non-hydrogen) atoms. The van der Waals surface area contributed by atoms with Gasteiger partial charge in [0, 0.05) is 18.2 Å². The first-order valence-electron chi connectivity index (χ1n) is 8.42. The smallest absolute Gasteiger partial charge is 0.254 e. The van der Waals surface area contributed by atoms with E-state index >= 15 is 0 Å². The monoisotopic (exact) mass is 300 g/mol. The maximum atomic E-state index is 12.7. The first-order chi connectivity index (χ1) is 10.8. The van der Waals surface area contributed by atoms with Gasteiger partial charge >= 0.3 is 0 Å². The summed E-state index contributed by atoms with van der Waals surface area (Å²) >= 11 is 0. The van der Waals surface area contributed by atoms with Gasteiger partial charge in [0.2, 0.25) is 5.91 Å². The molecule has 2 fully saturated rings. The highest BCUT2D eigenvalue weighted by molar-refractivity contribution is 5.97. The Morgan fingerprint density at radius 3 is 2.36 bits per heavy atom. The molecule has 1 aliphatic heterocycles. The minimum absolute atomic E-state index is 0.0214. The molecule has 0 radical (unpaired) electrons. The number of benzene rings is 1. The van der Waals surface area contributed by atoms with Crippen molar-refractivity contribution >= 4 is 11.8 Å². The van der Waals surface area contributed by atoms with Crippen LogP contribution in [0.25, 0.3) is 0 Å². The number of piperidine rings is 1. The third kappa shape index (κ3) is 3.32. The van der Waals surface area contributed by atoms with E-state index in [0.29, 0.717) is 18.2 Å². The normalized spacial score (nSPS) is 22.5. The Labute approximate surface area is 131 Å². The molecule has 2 aliphatic rings. The third-order valence-corrected chi connectivity index (χ3v) is 4.79. The van der Waals surface area contributed by atoms with E-state index in [1.54, 1.807) is 4.90 Å². The van der Waals surface area contributed by atoms with Crippen LogP contribution in [0.5, 0.6) is 0 Å². The maximum absolute atomic E-state index is 12.7. The van der Waals surface area contributed by atoms with Crippen molar-refractivity contribution in [2.24, 2.45) is 0 Å². The number of carbonyl (C=O) groups is 2. The Kier molecular flexibility index (Phi) is 4.76. The number of likely N-dealkylation sites (tertiary alicyclic amines) is 1. The quantitative estimate of drug-likeness (QED) is 0.933. The lowest BCUT2D eigenvalue weighted by Gasteiger charge is -2.35. The largest absolute Gasteiger partial charge is 0.352 e. The molecule has 1 aromatic rings. The van der Waals surface area contributed by atoms with E-state index in [9.17, 15) is 9.59 Å². The molecule has 0 spiro atoms. The van der Waals surface area contributed by atoms with Crippen LogP contribution in [0.15, 0.2) is 30.3 Å². The molecule has 1 heterocycles. The molecule has 0 unspecified atom stereocenters. The topological polar surface area (TPSA) is 49.4 Å². The molecular formula is C18H24N2O2. The number of nitrogens with one attached hydrogen (secondary N) is 1. The lowest BCUT2D eigenvalue weighted by molar-refractivity contribution is -0.127. The number of carbonyl (C=O) groups excluding carboxylic acids is 2. The Balaban J connectivity index is 1.70. The zero-order valence-electron chi connectivity index (χ0n) is 13.0. The molecule has 0 bridgehead atoms. The summed E-state index contributed by atoms with van der Waals surface area (Å²) in [5.74, 6) is 0.0164. The molecule has 1 aromatic carbocycles. The second-order valence-electron chi connectivity index (χ2n) is 6.37. The SMILES string of the molecule is O=C(NC1CCCC1)[C@@H]1CCCCN1C(=O)c1ccccc1. The fourth-order valence-corrected chi connectivity index (χ4v) is 3.56. The Morgan fingerprint density at radius 1 is 0.955 bits per heavy atom. The van der Waals surface area contributed by atoms with E-state index in [0.717, 1.165) is 32.1 Å². The molecular weight excluding hydrogens is 276 g/mol. The van der Waals surface area contributed by atoms with Gasteiger partial charge < -0.3 is 10.2 Å². The summed E-state index contributed by atoms with van der Waals surface area (Å²) in [6, 6.07) is 9.28. The van der Waals surface area contributed by atoms with Gasteiger partial charge in [-0.25, -0.2) is 0 Å². The second kappa shape index (κ2) is 6.95. The van der Waals surface area contributed by atoms with E-state index < -0.39 is 0 Å². The van der Waals surface area contributed by atoms with Crippen molar-refractivity contribution in [2.45, 2.75) is 57.0 Å². The first-order valence-corrected chi connectivity index (χ1v) is 8.42. The molecule has 3 rings (SSSR count). The van der Waals surface area contributed by atoms with Gasteiger partial charge in [-0.1, -0.05) is 31.0 Å². The van der Waals surface area contributed by atoms with Crippen LogP contribution in [0.4, 0.5) is 0 Å².